The summed E-state index contributed by atoms with van der Waals surface area (Å²) >= 11 is 1.44. The average Bonchev–Trinajstić information content (AvgIpc) is 3.01. The second-order valence-corrected chi connectivity index (χ2v) is 11.8. The topological polar surface area (TPSA) is 87.3 Å². The highest BCUT2D eigenvalue weighted by molar-refractivity contribution is 8.00. The number of thioether (sulfide) groups is 1. The SMILES string of the molecule is CCC(Sc1cccc(NC(=O)/C(=C/c2ccc(C)cc2)NC(=O)c2ccccc2)c1)C(=O)Nc1ccc(C(C)C)cc1. The summed E-state index contributed by atoms with van der Waals surface area (Å²) in [6.45, 7) is 8.23. The first-order valence-electron chi connectivity index (χ1n) is 14.4. The van der Waals surface area contributed by atoms with Gasteiger partial charge in [-0.05, 0) is 78.9 Å². The van der Waals surface area contributed by atoms with Gasteiger partial charge in [0.25, 0.3) is 11.8 Å². The highest BCUT2D eigenvalue weighted by Crippen LogP contribution is 2.29. The van der Waals surface area contributed by atoms with E-state index in [1.807, 2.05) is 86.6 Å². The summed E-state index contributed by atoms with van der Waals surface area (Å²) in [5.74, 6) is -0.493. The standard InChI is InChI=1S/C36H37N3O3S/c1-5-33(36(42)37-29-20-18-27(19-21-29)24(2)3)43-31-13-9-12-30(23-31)38-35(41)32(22-26-16-14-25(4)15-17-26)39-34(40)28-10-7-6-8-11-28/h6-24,33H,5H2,1-4H3,(H,37,42)(H,38,41)(H,39,40)/b32-22-. The molecule has 6 nitrogen and oxygen atoms in total. The summed E-state index contributed by atoms with van der Waals surface area (Å²) in [5, 5.41) is 8.38. The van der Waals surface area contributed by atoms with Gasteiger partial charge in [0.05, 0.1) is 5.25 Å². The Morgan fingerprint density at radius 1 is 0.791 bits per heavy atom. The van der Waals surface area contributed by atoms with Gasteiger partial charge in [-0.1, -0.05) is 87.0 Å². The normalized spacial score (nSPS) is 12.0. The average molecular weight is 592 g/mol. The first kappa shape index (κ1) is 31.3. The van der Waals surface area contributed by atoms with Crippen LogP contribution in [-0.4, -0.2) is 23.0 Å². The third-order valence-electron chi connectivity index (χ3n) is 6.80. The highest BCUT2D eigenvalue weighted by atomic mass is 32.2. The lowest BCUT2D eigenvalue weighted by Crippen LogP contribution is -2.30. The lowest BCUT2D eigenvalue weighted by Gasteiger charge is -2.16. The van der Waals surface area contributed by atoms with Crippen LogP contribution >= 0.6 is 11.8 Å². The number of benzene rings is 4. The molecular weight excluding hydrogens is 554 g/mol. The highest BCUT2D eigenvalue weighted by Gasteiger charge is 2.19. The second-order valence-electron chi connectivity index (χ2n) is 10.6. The maximum absolute atomic E-state index is 13.5. The molecule has 0 aliphatic heterocycles. The summed E-state index contributed by atoms with van der Waals surface area (Å²) in [4.78, 5) is 40.3. The third kappa shape index (κ3) is 9.18. The van der Waals surface area contributed by atoms with Gasteiger partial charge in [0, 0.05) is 21.8 Å². The molecule has 0 aliphatic rings. The van der Waals surface area contributed by atoms with Crippen molar-refractivity contribution in [3.05, 3.63) is 131 Å². The lowest BCUT2D eigenvalue weighted by atomic mass is 10.0. The van der Waals surface area contributed by atoms with E-state index in [-0.39, 0.29) is 22.8 Å². The zero-order valence-corrected chi connectivity index (χ0v) is 25.7. The van der Waals surface area contributed by atoms with Crippen molar-refractivity contribution in [2.75, 3.05) is 10.6 Å². The van der Waals surface area contributed by atoms with Crippen molar-refractivity contribution in [1.82, 2.24) is 5.32 Å². The molecular formula is C36H37N3O3S. The minimum absolute atomic E-state index is 0.0776. The van der Waals surface area contributed by atoms with E-state index in [2.05, 4.69) is 29.8 Å². The fraction of sp³-hybridized carbons (Fsp3) is 0.194. The van der Waals surface area contributed by atoms with Crippen molar-refractivity contribution in [3.63, 3.8) is 0 Å². The smallest absolute Gasteiger partial charge is 0.272 e. The molecule has 0 bridgehead atoms. The molecule has 0 heterocycles. The van der Waals surface area contributed by atoms with Gasteiger partial charge in [0.15, 0.2) is 0 Å². The maximum Gasteiger partial charge on any atom is 0.272 e. The molecule has 0 aromatic heterocycles. The van der Waals surface area contributed by atoms with Gasteiger partial charge >= 0.3 is 0 Å². The molecule has 0 radical (unpaired) electrons. The molecule has 7 heteroatoms. The van der Waals surface area contributed by atoms with Crippen LogP contribution in [0.5, 0.6) is 0 Å². The zero-order valence-electron chi connectivity index (χ0n) is 24.9. The number of rotatable bonds is 11. The molecule has 1 atom stereocenters. The van der Waals surface area contributed by atoms with Crippen LogP contribution in [0.15, 0.2) is 114 Å². The fourth-order valence-electron chi connectivity index (χ4n) is 4.28. The van der Waals surface area contributed by atoms with E-state index >= 15 is 0 Å². The summed E-state index contributed by atoms with van der Waals surface area (Å²) < 4.78 is 0. The largest absolute Gasteiger partial charge is 0.325 e. The van der Waals surface area contributed by atoms with Gasteiger partial charge in [-0.15, -0.1) is 11.8 Å². The Hall–Kier alpha value is -4.62. The molecule has 3 amide bonds. The van der Waals surface area contributed by atoms with Crippen molar-refractivity contribution in [2.24, 2.45) is 0 Å². The van der Waals surface area contributed by atoms with Crippen molar-refractivity contribution in [3.8, 4) is 0 Å². The summed E-state index contributed by atoms with van der Waals surface area (Å²) in [7, 11) is 0. The molecule has 43 heavy (non-hydrogen) atoms. The predicted octanol–water partition coefficient (Wildman–Crippen LogP) is 8.04. The van der Waals surface area contributed by atoms with E-state index in [0.717, 1.165) is 21.7 Å². The predicted molar refractivity (Wildman–Crippen MR) is 177 cm³/mol. The molecule has 0 spiro atoms. The minimum atomic E-state index is -0.457. The van der Waals surface area contributed by atoms with Gasteiger partial charge in [-0.3, -0.25) is 14.4 Å². The van der Waals surface area contributed by atoms with E-state index in [9.17, 15) is 14.4 Å². The minimum Gasteiger partial charge on any atom is -0.325 e. The van der Waals surface area contributed by atoms with E-state index in [0.29, 0.717) is 23.6 Å². The van der Waals surface area contributed by atoms with Crippen LogP contribution in [0.3, 0.4) is 0 Å². The Bertz CT molecular complexity index is 1580. The van der Waals surface area contributed by atoms with Gasteiger partial charge < -0.3 is 16.0 Å². The number of hydrogen-bond acceptors (Lipinski definition) is 4. The number of nitrogens with one attached hydrogen (secondary N) is 3. The number of carbonyl (C=O) groups excluding carboxylic acids is 3. The van der Waals surface area contributed by atoms with Gasteiger partial charge in [0.2, 0.25) is 5.91 Å². The second kappa shape index (κ2) is 15.0. The number of aryl methyl sites for hydroxylation is 1. The van der Waals surface area contributed by atoms with Crippen LogP contribution in [0, 0.1) is 6.92 Å². The van der Waals surface area contributed by atoms with E-state index in [1.54, 1.807) is 36.4 Å². The Balaban J connectivity index is 1.47. The summed E-state index contributed by atoms with van der Waals surface area (Å²) in [6.07, 6.45) is 2.28. The van der Waals surface area contributed by atoms with Gasteiger partial charge in [-0.25, -0.2) is 0 Å². The summed E-state index contributed by atoms with van der Waals surface area (Å²) in [6, 6.07) is 31.7. The Labute approximate surface area is 258 Å². The van der Waals surface area contributed by atoms with E-state index in [4.69, 9.17) is 0 Å². The molecule has 0 fully saturated rings. The maximum atomic E-state index is 13.5. The molecule has 4 aromatic carbocycles. The van der Waals surface area contributed by atoms with Crippen LogP contribution in [0.1, 0.15) is 60.2 Å². The Morgan fingerprint density at radius 2 is 1.49 bits per heavy atom. The van der Waals surface area contributed by atoms with Crippen LogP contribution in [0.25, 0.3) is 6.08 Å². The van der Waals surface area contributed by atoms with Crippen LogP contribution in [0.2, 0.25) is 0 Å². The molecule has 3 N–H and O–H groups in total. The molecule has 220 valence electrons. The first-order chi connectivity index (χ1) is 20.7. The van der Waals surface area contributed by atoms with E-state index in [1.165, 1.54) is 17.3 Å². The third-order valence-corrected chi connectivity index (χ3v) is 8.15. The molecule has 0 saturated heterocycles. The number of hydrogen-bond donors (Lipinski definition) is 3. The molecule has 0 saturated carbocycles. The van der Waals surface area contributed by atoms with Crippen molar-refractivity contribution >= 4 is 46.9 Å². The Morgan fingerprint density at radius 3 is 2.14 bits per heavy atom. The molecule has 4 rings (SSSR count). The molecule has 4 aromatic rings. The Kier molecular flexibility index (Phi) is 10.9. The van der Waals surface area contributed by atoms with Crippen molar-refractivity contribution in [1.29, 1.82) is 0 Å². The van der Waals surface area contributed by atoms with Crippen LogP contribution in [0.4, 0.5) is 11.4 Å². The van der Waals surface area contributed by atoms with Gasteiger partial charge in [0.1, 0.15) is 5.70 Å². The monoisotopic (exact) mass is 591 g/mol. The van der Waals surface area contributed by atoms with E-state index < -0.39 is 5.91 Å². The number of amides is 3. The van der Waals surface area contributed by atoms with Crippen molar-refractivity contribution < 1.29 is 14.4 Å². The van der Waals surface area contributed by atoms with Crippen LogP contribution in [-0.2, 0) is 9.59 Å². The molecule has 0 aliphatic carbocycles. The zero-order chi connectivity index (χ0) is 30.8. The van der Waals surface area contributed by atoms with Crippen LogP contribution < -0.4 is 16.0 Å². The quantitative estimate of drug-likeness (QED) is 0.122. The van der Waals surface area contributed by atoms with Gasteiger partial charge in [-0.2, -0.15) is 0 Å². The lowest BCUT2D eigenvalue weighted by molar-refractivity contribution is -0.116. The first-order valence-corrected chi connectivity index (χ1v) is 15.2. The summed E-state index contributed by atoms with van der Waals surface area (Å²) in [5.41, 5.74) is 4.97. The molecule has 1 unspecified atom stereocenters. The number of carbonyl (C=O) groups is 3. The van der Waals surface area contributed by atoms with Crippen molar-refractivity contribution in [2.45, 2.75) is 50.2 Å². The number of anilines is 2. The fourth-order valence-corrected chi connectivity index (χ4v) is 5.29.